The first-order valence-corrected chi connectivity index (χ1v) is 8.97. The van der Waals surface area contributed by atoms with Crippen LogP contribution in [0.3, 0.4) is 0 Å². The molecule has 0 aromatic heterocycles. The van der Waals surface area contributed by atoms with Crippen molar-refractivity contribution in [3.05, 3.63) is 23.8 Å². The van der Waals surface area contributed by atoms with E-state index in [4.69, 9.17) is 15.4 Å². The van der Waals surface area contributed by atoms with Crippen LogP contribution < -0.4 is 10.1 Å². The van der Waals surface area contributed by atoms with Gasteiger partial charge >= 0.3 is 0 Å². The third-order valence-corrected chi connectivity index (χ3v) is 4.28. The van der Waals surface area contributed by atoms with E-state index < -0.39 is 9.05 Å². The van der Waals surface area contributed by atoms with Crippen LogP contribution in [0.15, 0.2) is 23.1 Å². The fourth-order valence-electron chi connectivity index (χ4n) is 1.82. The molecule has 1 aromatic carbocycles. The summed E-state index contributed by atoms with van der Waals surface area (Å²) < 4.78 is 27.9. The van der Waals surface area contributed by atoms with E-state index in [2.05, 4.69) is 19.2 Å². The van der Waals surface area contributed by atoms with Gasteiger partial charge < -0.3 is 10.1 Å². The molecule has 0 atom stereocenters. The molecule has 0 aliphatic rings. The van der Waals surface area contributed by atoms with Crippen LogP contribution >= 0.6 is 10.7 Å². The number of hydrogen-bond acceptors (Lipinski definition) is 4. The average molecular weight is 334 g/mol. The summed E-state index contributed by atoms with van der Waals surface area (Å²) in [5.41, 5.74) is 0.236. The van der Waals surface area contributed by atoms with E-state index >= 15 is 0 Å². The summed E-state index contributed by atoms with van der Waals surface area (Å²) in [4.78, 5) is 11.8. The first-order valence-electron chi connectivity index (χ1n) is 6.66. The van der Waals surface area contributed by atoms with Gasteiger partial charge in [-0.1, -0.05) is 13.8 Å². The van der Waals surface area contributed by atoms with Crippen molar-refractivity contribution in [2.45, 2.75) is 31.6 Å². The summed E-state index contributed by atoms with van der Waals surface area (Å²) in [6.45, 7) is 4.78. The van der Waals surface area contributed by atoms with Crippen LogP contribution in [-0.4, -0.2) is 28.0 Å². The molecule has 118 valence electrons. The second-order valence-corrected chi connectivity index (χ2v) is 7.63. The van der Waals surface area contributed by atoms with Gasteiger partial charge in [0.25, 0.3) is 15.0 Å². The minimum Gasteiger partial charge on any atom is -0.495 e. The molecular formula is C14H20ClNO4S. The SMILES string of the molecule is COc1ccc(C(=O)NCCCC(C)C)cc1S(=O)(=O)Cl. The van der Waals surface area contributed by atoms with Gasteiger partial charge in [-0.3, -0.25) is 4.79 Å². The van der Waals surface area contributed by atoms with Gasteiger partial charge in [0.05, 0.1) is 7.11 Å². The zero-order chi connectivity index (χ0) is 16.0. The van der Waals surface area contributed by atoms with Gasteiger partial charge in [0.15, 0.2) is 0 Å². The lowest BCUT2D eigenvalue weighted by Crippen LogP contribution is -2.24. The number of benzene rings is 1. The quantitative estimate of drug-likeness (QED) is 0.615. The molecule has 0 bridgehead atoms. The Labute approximate surface area is 130 Å². The largest absolute Gasteiger partial charge is 0.495 e. The molecule has 1 aromatic rings. The second-order valence-electron chi connectivity index (χ2n) is 5.10. The predicted octanol–water partition coefficient (Wildman–Crippen LogP) is 2.79. The molecule has 1 rings (SSSR count). The Morgan fingerprint density at radius 1 is 1.38 bits per heavy atom. The van der Waals surface area contributed by atoms with Crippen molar-refractivity contribution < 1.29 is 17.9 Å². The number of amides is 1. The Bertz CT molecular complexity index is 599. The van der Waals surface area contributed by atoms with E-state index in [-0.39, 0.29) is 22.1 Å². The number of halogens is 1. The van der Waals surface area contributed by atoms with Gasteiger partial charge in [0.2, 0.25) is 0 Å². The standard InChI is InChI=1S/C14H20ClNO4S/c1-10(2)5-4-8-16-14(17)11-6-7-12(20-3)13(9-11)21(15,18)19/h6-7,9-10H,4-5,8H2,1-3H3,(H,16,17). The highest BCUT2D eigenvalue weighted by molar-refractivity contribution is 8.13. The molecule has 0 fully saturated rings. The normalized spacial score (nSPS) is 11.5. The fourth-order valence-corrected chi connectivity index (χ4v) is 2.84. The van der Waals surface area contributed by atoms with Crippen molar-refractivity contribution in [2.24, 2.45) is 5.92 Å². The minimum atomic E-state index is -3.97. The van der Waals surface area contributed by atoms with Gasteiger partial charge in [-0.2, -0.15) is 0 Å². The lowest BCUT2D eigenvalue weighted by atomic mass is 10.1. The molecule has 0 saturated heterocycles. The maximum absolute atomic E-state index is 12.0. The van der Waals surface area contributed by atoms with Gasteiger partial charge in [-0.05, 0) is 37.0 Å². The summed E-state index contributed by atoms with van der Waals surface area (Å²) in [5.74, 6) is 0.361. The van der Waals surface area contributed by atoms with Crippen molar-refractivity contribution in [1.29, 1.82) is 0 Å². The first-order chi connectivity index (χ1) is 9.75. The zero-order valence-corrected chi connectivity index (χ0v) is 13.9. The van der Waals surface area contributed by atoms with E-state index in [1.807, 2.05) is 0 Å². The molecule has 0 aliphatic carbocycles. The molecular weight excluding hydrogens is 314 g/mol. The van der Waals surface area contributed by atoms with Crippen molar-refractivity contribution >= 4 is 25.6 Å². The third-order valence-electron chi connectivity index (χ3n) is 2.93. The Hall–Kier alpha value is -1.27. The van der Waals surface area contributed by atoms with E-state index in [9.17, 15) is 13.2 Å². The predicted molar refractivity (Wildman–Crippen MR) is 82.4 cm³/mol. The molecule has 0 heterocycles. The lowest BCUT2D eigenvalue weighted by Gasteiger charge is -2.09. The third kappa shape index (κ3) is 5.55. The topological polar surface area (TPSA) is 72.5 Å². The highest BCUT2D eigenvalue weighted by Gasteiger charge is 2.19. The maximum Gasteiger partial charge on any atom is 0.265 e. The zero-order valence-electron chi connectivity index (χ0n) is 12.3. The number of carbonyl (C=O) groups is 1. The van der Waals surface area contributed by atoms with Crippen LogP contribution in [0.4, 0.5) is 0 Å². The molecule has 0 saturated carbocycles. The summed E-state index contributed by atoms with van der Waals surface area (Å²) in [6.07, 6.45) is 1.89. The Morgan fingerprint density at radius 2 is 2.05 bits per heavy atom. The number of rotatable bonds is 7. The van der Waals surface area contributed by atoms with Crippen LogP contribution in [0, 0.1) is 5.92 Å². The number of ether oxygens (including phenoxy) is 1. The summed E-state index contributed by atoms with van der Waals surface area (Å²) in [5, 5.41) is 2.75. The maximum atomic E-state index is 12.0. The van der Waals surface area contributed by atoms with Gasteiger partial charge in [-0.25, -0.2) is 8.42 Å². The number of nitrogens with one attached hydrogen (secondary N) is 1. The van der Waals surface area contributed by atoms with E-state index in [1.54, 1.807) is 0 Å². The highest BCUT2D eigenvalue weighted by Crippen LogP contribution is 2.27. The molecule has 0 spiro atoms. The molecule has 0 radical (unpaired) electrons. The summed E-state index contributed by atoms with van der Waals surface area (Å²) in [7, 11) is 2.71. The van der Waals surface area contributed by atoms with Gasteiger partial charge in [-0.15, -0.1) is 0 Å². The summed E-state index contributed by atoms with van der Waals surface area (Å²) in [6, 6.07) is 4.14. The van der Waals surface area contributed by atoms with E-state index in [0.29, 0.717) is 12.5 Å². The fraction of sp³-hybridized carbons (Fsp3) is 0.500. The lowest BCUT2D eigenvalue weighted by molar-refractivity contribution is 0.0952. The molecule has 7 heteroatoms. The molecule has 0 unspecified atom stereocenters. The van der Waals surface area contributed by atoms with E-state index in [0.717, 1.165) is 12.8 Å². The van der Waals surface area contributed by atoms with Crippen LogP contribution in [0.25, 0.3) is 0 Å². The van der Waals surface area contributed by atoms with Gasteiger partial charge in [0.1, 0.15) is 10.6 Å². The van der Waals surface area contributed by atoms with Crippen molar-refractivity contribution in [3.63, 3.8) is 0 Å². The Balaban J connectivity index is 2.82. The van der Waals surface area contributed by atoms with Crippen LogP contribution in [0.1, 0.15) is 37.0 Å². The molecule has 21 heavy (non-hydrogen) atoms. The van der Waals surface area contributed by atoms with Crippen LogP contribution in [0.2, 0.25) is 0 Å². The Morgan fingerprint density at radius 3 is 2.57 bits per heavy atom. The summed E-state index contributed by atoms with van der Waals surface area (Å²) >= 11 is 0. The van der Waals surface area contributed by atoms with Crippen molar-refractivity contribution in [2.75, 3.05) is 13.7 Å². The Kier molecular flexibility index (Phi) is 6.48. The molecule has 1 amide bonds. The smallest absolute Gasteiger partial charge is 0.265 e. The van der Waals surface area contributed by atoms with Gasteiger partial charge in [0, 0.05) is 22.8 Å². The minimum absolute atomic E-state index is 0.112. The van der Waals surface area contributed by atoms with Crippen LogP contribution in [-0.2, 0) is 9.05 Å². The van der Waals surface area contributed by atoms with Crippen LogP contribution in [0.5, 0.6) is 5.75 Å². The molecule has 1 N–H and O–H groups in total. The van der Waals surface area contributed by atoms with E-state index in [1.165, 1.54) is 25.3 Å². The van der Waals surface area contributed by atoms with Crippen molar-refractivity contribution in [3.8, 4) is 5.75 Å². The first kappa shape index (κ1) is 17.8. The molecule has 0 aliphatic heterocycles. The average Bonchev–Trinajstić information content (AvgIpc) is 2.41. The molecule has 5 nitrogen and oxygen atoms in total. The highest BCUT2D eigenvalue weighted by atomic mass is 35.7. The van der Waals surface area contributed by atoms with Crippen molar-refractivity contribution in [1.82, 2.24) is 5.32 Å². The number of hydrogen-bond donors (Lipinski definition) is 1. The number of methoxy groups -OCH3 is 1. The second kappa shape index (κ2) is 7.66. The number of carbonyl (C=O) groups excluding carboxylic acids is 1. The monoisotopic (exact) mass is 333 g/mol.